The smallest absolute Gasteiger partial charge is 0.326 e. The molecule has 2 fully saturated rings. The van der Waals surface area contributed by atoms with Crippen LogP contribution in [0.1, 0.15) is 59.4 Å². The zero-order valence-corrected chi connectivity index (χ0v) is 32.0. The summed E-state index contributed by atoms with van der Waals surface area (Å²) in [5.41, 5.74) is 5.93. The van der Waals surface area contributed by atoms with Gasteiger partial charge < -0.3 is 24.5 Å². The number of fused-ring (bicyclic) bond motifs is 2. The Bertz CT molecular complexity index is 2670. The van der Waals surface area contributed by atoms with Crippen LogP contribution in [-0.2, 0) is 26.1 Å². The summed E-state index contributed by atoms with van der Waals surface area (Å²) in [7, 11) is -4.00. The van der Waals surface area contributed by atoms with Crippen LogP contribution in [0, 0.1) is 0 Å². The molecule has 57 heavy (non-hydrogen) atoms. The first-order valence-corrected chi connectivity index (χ1v) is 20.8. The average molecular weight is 782 g/mol. The highest BCUT2D eigenvalue weighted by molar-refractivity contribution is 7.93. The van der Waals surface area contributed by atoms with Gasteiger partial charge in [-0.3, -0.25) is 14.3 Å². The lowest BCUT2D eigenvalue weighted by atomic mass is 9.83. The molecule has 0 saturated carbocycles. The van der Waals surface area contributed by atoms with E-state index in [1.165, 1.54) is 0 Å². The number of hydrogen-bond acceptors (Lipinski definition) is 8. The number of aliphatic hydroxyl groups is 1. The number of anilines is 1. The fraction of sp³-hybridized carbons (Fsp3) is 0.244. The van der Waals surface area contributed by atoms with Crippen LogP contribution in [0.5, 0.6) is 0 Å². The van der Waals surface area contributed by atoms with Gasteiger partial charge in [0, 0.05) is 54.4 Å². The van der Waals surface area contributed by atoms with Gasteiger partial charge in [-0.15, -0.1) is 0 Å². The summed E-state index contributed by atoms with van der Waals surface area (Å²) < 4.78 is 46.2. The second-order valence-corrected chi connectivity index (χ2v) is 16.5. The van der Waals surface area contributed by atoms with E-state index in [1.54, 1.807) is 42.6 Å². The summed E-state index contributed by atoms with van der Waals surface area (Å²) in [4.78, 5) is 22.9. The van der Waals surface area contributed by atoms with Crippen LogP contribution in [0.2, 0.25) is 0 Å². The molecule has 2 saturated heterocycles. The van der Waals surface area contributed by atoms with Crippen LogP contribution in [-0.4, -0.2) is 58.7 Å². The molecule has 0 radical (unpaired) electrons. The summed E-state index contributed by atoms with van der Waals surface area (Å²) in [5.74, 6) is -0.197. The van der Waals surface area contributed by atoms with Crippen LogP contribution < -0.4 is 10.4 Å². The van der Waals surface area contributed by atoms with E-state index in [1.807, 2.05) is 89.5 Å². The first-order chi connectivity index (χ1) is 27.8. The monoisotopic (exact) mass is 781 g/mol. The molecule has 0 spiro atoms. The third-order valence-corrected chi connectivity index (χ3v) is 12.7. The van der Waals surface area contributed by atoms with Gasteiger partial charge in [-0.25, -0.2) is 13.2 Å². The number of aromatic amines is 1. The topological polar surface area (TPSA) is 139 Å². The van der Waals surface area contributed by atoms with E-state index in [4.69, 9.17) is 9.47 Å². The number of nitrogens with one attached hydrogen (secondary N) is 2. The Labute approximate surface area is 330 Å². The molecule has 4 atom stereocenters. The molecule has 0 aliphatic carbocycles. The molecule has 4 unspecified atom stereocenters. The van der Waals surface area contributed by atoms with E-state index in [-0.39, 0.29) is 35.3 Å². The van der Waals surface area contributed by atoms with Gasteiger partial charge in [0.25, 0.3) is 10.0 Å². The fourth-order valence-electron chi connectivity index (χ4n) is 8.47. The predicted octanol–water partition coefficient (Wildman–Crippen LogP) is 7.45. The van der Waals surface area contributed by atoms with Crippen LogP contribution in [0.15, 0.2) is 149 Å². The lowest BCUT2D eigenvalue weighted by molar-refractivity contribution is -0.264. The number of nitrogens with zero attached hydrogens (tertiary/aromatic N) is 3. The Morgan fingerprint density at radius 1 is 0.789 bits per heavy atom. The van der Waals surface area contributed by atoms with Gasteiger partial charge >= 0.3 is 5.69 Å². The molecule has 2 aliphatic heterocycles. The van der Waals surface area contributed by atoms with Gasteiger partial charge in [-0.2, -0.15) is 0 Å². The second kappa shape index (κ2) is 15.7. The van der Waals surface area contributed by atoms with Gasteiger partial charge in [-0.05, 0) is 65.9 Å². The standard InChI is InChI=1S/C45H43N5O6S/c51-29-30-18-20-33(21-19-30)43-41(31-9-2-1-3-10-31)39(28-49-25-22-36(23-26-49)50-38-16-5-4-15-37(38)47-45(50)52)55-44(56-43)34-12-6-14-35(27-34)48-57(53,54)40-17-7-11-32-13-8-24-46-42(32)40/h1-21,24,27,36,39,41,43-44,48,51H,22-23,25-26,28-29H2,(H,47,52). The second-order valence-electron chi connectivity index (χ2n) is 14.8. The van der Waals surface area contributed by atoms with Crippen molar-refractivity contribution in [3.8, 4) is 0 Å². The Morgan fingerprint density at radius 2 is 1.53 bits per heavy atom. The molecule has 4 heterocycles. The predicted molar refractivity (Wildman–Crippen MR) is 219 cm³/mol. The van der Waals surface area contributed by atoms with Crippen LogP contribution >= 0.6 is 0 Å². The Balaban J connectivity index is 1.03. The number of hydrogen-bond donors (Lipinski definition) is 3. The van der Waals surface area contributed by atoms with E-state index in [0.29, 0.717) is 23.3 Å². The molecule has 5 aromatic carbocycles. The van der Waals surface area contributed by atoms with Crippen molar-refractivity contribution in [1.82, 2.24) is 19.4 Å². The largest absolute Gasteiger partial charge is 0.392 e. The van der Waals surface area contributed by atoms with Gasteiger partial charge in [0.05, 0.1) is 35.4 Å². The summed E-state index contributed by atoms with van der Waals surface area (Å²) in [6.07, 6.45) is 1.61. The number of para-hydroxylation sites is 3. The van der Waals surface area contributed by atoms with Crippen molar-refractivity contribution in [2.24, 2.45) is 0 Å². The third-order valence-electron chi connectivity index (χ3n) is 11.3. The Kier molecular flexibility index (Phi) is 10.2. The molecule has 11 nitrogen and oxygen atoms in total. The molecule has 290 valence electrons. The lowest BCUT2D eigenvalue weighted by Gasteiger charge is -2.45. The van der Waals surface area contributed by atoms with E-state index in [2.05, 4.69) is 31.7 Å². The number of rotatable bonds is 10. The molecular weight excluding hydrogens is 739 g/mol. The van der Waals surface area contributed by atoms with Gasteiger partial charge in [-0.1, -0.05) is 97.1 Å². The molecule has 3 N–H and O–H groups in total. The normalized spacial score (nSPS) is 20.9. The fourth-order valence-corrected chi connectivity index (χ4v) is 9.70. The van der Waals surface area contributed by atoms with Crippen molar-refractivity contribution in [3.05, 3.63) is 172 Å². The first-order valence-electron chi connectivity index (χ1n) is 19.3. The zero-order chi connectivity index (χ0) is 38.9. The molecule has 2 aliphatic rings. The minimum absolute atomic E-state index is 0.0690. The van der Waals surface area contributed by atoms with Gasteiger partial charge in [0.2, 0.25) is 0 Å². The number of imidazole rings is 1. The highest BCUT2D eigenvalue weighted by Gasteiger charge is 2.43. The van der Waals surface area contributed by atoms with Crippen LogP contribution in [0.25, 0.3) is 21.9 Å². The summed E-state index contributed by atoms with van der Waals surface area (Å²) in [6, 6.07) is 41.8. The number of likely N-dealkylation sites (tertiary alicyclic amines) is 1. The number of benzene rings is 5. The van der Waals surface area contributed by atoms with Crippen molar-refractivity contribution in [1.29, 1.82) is 0 Å². The average Bonchev–Trinajstić information content (AvgIpc) is 3.59. The molecule has 2 aromatic heterocycles. The SMILES string of the molecule is O=c1[nH]c2ccccc2n1C1CCN(CC2OC(c3cccc(NS(=O)(=O)c4cccc5cccnc45)c3)OC(c3ccc(CO)cc3)C2c2ccccc2)CC1. The van der Waals surface area contributed by atoms with E-state index < -0.39 is 22.4 Å². The van der Waals surface area contributed by atoms with Crippen LogP contribution in [0.4, 0.5) is 5.69 Å². The summed E-state index contributed by atoms with van der Waals surface area (Å²) in [6.45, 7) is 2.10. The molecule has 0 bridgehead atoms. The number of H-pyrrole nitrogens is 1. The third kappa shape index (κ3) is 7.50. The minimum Gasteiger partial charge on any atom is -0.392 e. The van der Waals surface area contributed by atoms with Crippen molar-refractivity contribution in [2.45, 2.75) is 54.8 Å². The van der Waals surface area contributed by atoms with E-state index >= 15 is 0 Å². The Hall–Kier alpha value is -5.63. The summed E-state index contributed by atoms with van der Waals surface area (Å²) >= 11 is 0. The molecule has 12 heteroatoms. The zero-order valence-electron chi connectivity index (χ0n) is 31.1. The number of aromatic nitrogens is 3. The van der Waals surface area contributed by atoms with E-state index in [0.717, 1.165) is 59.0 Å². The number of aliphatic hydroxyl groups excluding tert-OH is 1. The maximum absolute atomic E-state index is 13.8. The first kappa shape index (κ1) is 37.0. The maximum Gasteiger partial charge on any atom is 0.326 e. The van der Waals surface area contributed by atoms with Crippen molar-refractivity contribution in [2.75, 3.05) is 24.4 Å². The van der Waals surface area contributed by atoms with Crippen molar-refractivity contribution >= 4 is 37.6 Å². The lowest BCUT2D eigenvalue weighted by Crippen LogP contribution is -2.47. The highest BCUT2D eigenvalue weighted by Crippen LogP contribution is 2.47. The van der Waals surface area contributed by atoms with Crippen molar-refractivity contribution < 1.29 is 23.0 Å². The molecule has 7 aromatic rings. The maximum atomic E-state index is 13.8. The molecular formula is C45H43N5O6S. The number of piperidine rings is 1. The quantitative estimate of drug-likeness (QED) is 0.130. The summed E-state index contributed by atoms with van der Waals surface area (Å²) in [5, 5.41) is 10.6. The minimum atomic E-state index is -4.00. The highest BCUT2D eigenvalue weighted by atomic mass is 32.2. The van der Waals surface area contributed by atoms with E-state index in [9.17, 15) is 18.3 Å². The number of sulfonamides is 1. The number of ether oxygens (including phenoxy) is 2. The van der Waals surface area contributed by atoms with Crippen LogP contribution in [0.3, 0.4) is 0 Å². The van der Waals surface area contributed by atoms with Gasteiger partial charge in [0.15, 0.2) is 6.29 Å². The Morgan fingerprint density at radius 3 is 2.33 bits per heavy atom. The molecule has 0 amide bonds. The molecule has 9 rings (SSSR count). The number of pyridine rings is 1. The van der Waals surface area contributed by atoms with Gasteiger partial charge in [0.1, 0.15) is 4.90 Å². The van der Waals surface area contributed by atoms with Crippen molar-refractivity contribution in [3.63, 3.8) is 0 Å².